The standard InChI is InChI=1S/C20H26N2O5S/c1-3-4-13-22-28(24,25)19-11-9-18(10-12-19)27-15-20(23)21-14-16-5-7-17(26-2)8-6-16/h5-12,22H,3-4,13-15H2,1-2H3,(H,21,23). The van der Waals surface area contributed by atoms with Crippen LogP contribution < -0.4 is 19.5 Å². The van der Waals surface area contributed by atoms with Crippen molar-refractivity contribution in [3.05, 3.63) is 54.1 Å². The second kappa shape index (κ2) is 10.7. The van der Waals surface area contributed by atoms with E-state index in [4.69, 9.17) is 9.47 Å². The van der Waals surface area contributed by atoms with Gasteiger partial charge in [-0.05, 0) is 48.4 Å². The normalized spacial score (nSPS) is 11.1. The van der Waals surface area contributed by atoms with Crippen molar-refractivity contribution in [1.82, 2.24) is 10.0 Å². The SMILES string of the molecule is CCCCNS(=O)(=O)c1ccc(OCC(=O)NCc2ccc(OC)cc2)cc1. The van der Waals surface area contributed by atoms with Gasteiger partial charge in [0.2, 0.25) is 10.0 Å². The number of methoxy groups -OCH3 is 1. The van der Waals surface area contributed by atoms with Crippen molar-refractivity contribution in [3.63, 3.8) is 0 Å². The first kappa shape index (κ1) is 21.7. The number of carbonyl (C=O) groups is 1. The smallest absolute Gasteiger partial charge is 0.258 e. The summed E-state index contributed by atoms with van der Waals surface area (Å²) in [5.41, 5.74) is 0.944. The Bertz CT molecular complexity index is 849. The summed E-state index contributed by atoms with van der Waals surface area (Å²) >= 11 is 0. The molecule has 2 N–H and O–H groups in total. The van der Waals surface area contributed by atoms with E-state index in [-0.39, 0.29) is 17.4 Å². The van der Waals surface area contributed by atoms with Crippen LogP contribution >= 0.6 is 0 Å². The number of hydrogen-bond donors (Lipinski definition) is 2. The molecule has 8 heteroatoms. The van der Waals surface area contributed by atoms with Crippen molar-refractivity contribution in [2.24, 2.45) is 0 Å². The summed E-state index contributed by atoms with van der Waals surface area (Å²) in [7, 11) is -1.92. The number of ether oxygens (including phenoxy) is 2. The second-order valence-electron chi connectivity index (χ2n) is 6.14. The molecule has 2 rings (SSSR count). The lowest BCUT2D eigenvalue weighted by atomic mass is 10.2. The zero-order chi connectivity index (χ0) is 20.4. The van der Waals surface area contributed by atoms with Gasteiger partial charge in [-0.3, -0.25) is 4.79 Å². The van der Waals surface area contributed by atoms with Crippen LogP contribution in [0.4, 0.5) is 0 Å². The molecule has 0 aliphatic rings. The van der Waals surface area contributed by atoms with Crippen LogP contribution in [-0.4, -0.2) is 34.6 Å². The topological polar surface area (TPSA) is 93.7 Å². The number of sulfonamides is 1. The Morgan fingerprint density at radius 3 is 2.25 bits per heavy atom. The lowest BCUT2D eigenvalue weighted by molar-refractivity contribution is -0.123. The molecule has 0 aliphatic heterocycles. The molecule has 152 valence electrons. The fourth-order valence-corrected chi connectivity index (χ4v) is 3.40. The highest BCUT2D eigenvalue weighted by molar-refractivity contribution is 7.89. The van der Waals surface area contributed by atoms with E-state index >= 15 is 0 Å². The van der Waals surface area contributed by atoms with E-state index < -0.39 is 10.0 Å². The summed E-state index contributed by atoms with van der Waals surface area (Å²) in [6.07, 6.45) is 1.70. The van der Waals surface area contributed by atoms with Gasteiger partial charge in [-0.2, -0.15) is 0 Å². The summed E-state index contributed by atoms with van der Waals surface area (Å²) in [6.45, 7) is 2.63. The van der Waals surface area contributed by atoms with Gasteiger partial charge in [-0.1, -0.05) is 25.5 Å². The molecule has 0 spiro atoms. The largest absolute Gasteiger partial charge is 0.497 e. The molecule has 0 aliphatic carbocycles. The van der Waals surface area contributed by atoms with Crippen LogP contribution in [0, 0.1) is 0 Å². The summed E-state index contributed by atoms with van der Waals surface area (Å²) in [4.78, 5) is 12.1. The Morgan fingerprint density at radius 2 is 1.64 bits per heavy atom. The van der Waals surface area contributed by atoms with Gasteiger partial charge in [-0.25, -0.2) is 13.1 Å². The van der Waals surface area contributed by atoms with E-state index in [9.17, 15) is 13.2 Å². The molecule has 0 radical (unpaired) electrons. The fraction of sp³-hybridized carbons (Fsp3) is 0.350. The third-order valence-corrected chi connectivity index (χ3v) is 5.45. The number of amides is 1. The fourth-order valence-electron chi connectivity index (χ4n) is 2.33. The summed E-state index contributed by atoms with van der Waals surface area (Å²) < 4.78 is 37.3. The van der Waals surface area contributed by atoms with E-state index in [1.165, 1.54) is 24.3 Å². The Balaban J connectivity index is 1.79. The Morgan fingerprint density at radius 1 is 1.00 bits per heavy atom. The van der Waals surface area contributed by atoms with Crippen LogP contribution in [0.2, 0.25) is 0 Å². The van der Waals surface area contributed by atoms with Gasteiger partial charge in [0.05, 0.1) is 12.0 Å². The van der Waals surface area contributed by atoms with E-state index in [0.29, 0.717) is 18.8 Å². The van der Waals surface area contributed by atoms with Gasteiger partial charge in [0, 0.05) is 13.1 Å². The van der Waals surface area contributed by atoms with Crippen LogP contribution in [0.15, 0.2) is 53.4 Å². The maximum Gasteiger partial charge on any atom is 0.258 e. The number of rotatable bonds is 11. The molecule has 1 amide bonds. The zero-order valence-corrected chi connectivity index (χ0v) is 16.9. The number of hydrogen-bond acceptors (Lipinski definition) is 5. The minimum atomic E-state index is -3.52. The summed E-state index contributed by atoms with van der Waals surface area (Å²) in [5, 5.41) is 2.76. The minimum Gasteiger partial charge on any atom is -0.497 e. The van der Waals surface area contributed by atoms with Gasteiger partial charge >= 0.3 is 0 Å². The van der Waals surface area contributed by atoms with E-state index in [2.05, 4.69) is 10.0 Å². The maximum absolute atomic E-state index is 12.1. The molecular formula is C20H26N2O5S. The molecule has 28 heavy (non-hydrogen) atoms. The number of benzene rings is 2. The quantitative estimate of drug-likeness (QED) is 0.559. The van der Waals surface area contributed by atoms with Gasteiger partial charge in [-0.15, -0.1) is 0 Å². The molecule has 7 nitrogen and oxygen atoms in total. The summed E-state index contributed by atoms with van der Waals surface area (Å²) in [6, 6.07) is 13.4. The maximum atomic E-state index is 12.1. The average molecular weight is 407 g/mol. The number of nitrogens with one attached hydrogen (secondary N) is 2. The predicted molar refractivity (Wildman–Crippen MR) is 107 cm³/mol. The van der Waals surface area contributed by atoms with Crippen molar-refractivity contribution in [2.45, 2.75) is 31.2 Å². The van der Waals surface area contributed by atoms with Gasteiger partial charge in [0.25, 0.3) is 5.91 Å². The molecule has 2 aromatic rings. The van der Waals surface area contributed by atoms with Crippen molar-refractivity contribution in [1.29, 1.82) is 0 Å². The van der Waals surface area contributed by atoms with Gasteiger partial charge in [0.1, 0.15) is 11.5 Å². The third-order valence-electron chi connectivity index (χ3n) is 3.98. The van der Waals surface area contributed by atoms with Crippen LogP contribution in [-0.2, 0) is 21.4 Å². The third kappa shape index (κ3) is 6.86. The Hall–Kier alpha value is -2.58. The lowest BCUT2D eigenvalue weighted by Gasteiger charge is -2.09. The van der Waals surface area contributed by atoms with Gasteiger partial charge < -0.3 is 14.8 Å². The minimum absolute atomic E-state index is 0.156. The first-order valence-electron chi connectivity index (χ1n) is 9.06. The molecule has 0 unspecified atom stereocenters. The molecule has 2 aromatic carbocycles. The van der Waals surface area contributed by atoms with E-state index in [1.54, 1.807) is 7.11 Å². The predicted octanol–water partition coefficient (Wildman–Crippen LogP) is 2.47. The highest BCUT2D eigenvalue weighted by Gasteiger charge is 2.13. The van der Waals surface area contributed by atoms with Crippen molar-refractivity contribution >= 4 is 15.9 Å². The lowest BCUT2D eigenvalue weighted by Crippen LogP contribution is -2.28. The van der Waals surface area contributed by atoms with Crippen LogP contribution in [0.3, 0.4) is 0 Å². The average Bonchev–Trinajstić information content (AvgIpc) is 2.71. The van der Waals surface area contributed by atoms with Crippen molar-refractivity contribution < 1.29 is 22.7 Å². The van der Waals surface area contributed by atoms with Crippen molar-refractivity contribution in [3.8, 4) is 11.5 Å². The number of carbonyl (C=O) groups excluding carboxylic acids is 1. The summed E-state index contributed by atoms with van der Waals surface area (Å²) in [5.74, 6) is 0.908. The van der Waals surface area contributed by atoms with Crippen LogP contribution in [0.1, 0.15) is 25.3 Å². The first-order chi connectivity index (χ1) is 13.4. The van der Waals surface area contributed by atoms with E-state index in [0.717, 1.165) is 24.2 Å². The molecule has 0 fully saturated rings. The Labute approximate surface area is 166 Å². The first-order valence-corrected chi connectivity index (χ1v) is 10.5. The zero-order valence-electron chi connectivity index (χ0n) is 16.1. The second-order valence-corrected chi connectivity index (χ2v) is 7.90. The molecule has 0 aromatic heterocycles. The molecule has 0 saturated carbocycles. The van der Waals surface area contributed by atoms with Crippen molar-refractivity contribution in [2.75, 3.05) is 20.3 Å². The molecule has 0 heterocycles. The monoisotopic (exact) mass is 406 g/mol. The molecule has 0 bridgehead atoms. The van der Waals surface area contributed by atoms with Gasteiger partial charge in [0.15, 0.2) is 6.61 Å². The highest BCUT2D eigenvalue weighted by Crippen LogP contribution is 2.16. The molecule has 0 saturated heterocycles. The van der Waals surface area contributed by atoms with Crippen LogP contribution in [0.25, 0.3) is 0 Å². The molecule has 0 atom stereocenters. The molecular weight excluding hydrogens is 380 g/mol. The van der Waals surface area contributed by atoms with E-state index in [1.807, 2.05) is 31.2 Å². The Kier molecular flexibility index (Phi) is 8.28. The van der Waals surface area contributed by atoms with Crippen LogP contribution in [0.5, 0.6) is 11.5 Å². The number of unbranched alkanes of at least 4 members (excludes halogenated alkanes) is 1. The highest BCUT2D eigenvalue weighted by atomic mass is 32.2.